The van der Waals surface area contributed by atoms with Crippen molar-refractivity contribution in [3.05, 3.63) is 75.9 Å². The lowest BCUT2D eigenvalue weighted by atomic mass is 9.38. The highest BCUT2D eigenvalue weighted by Crippen LogP contribution is 2.65. The van der Waals surface area contributed by atoms with Crippen molar-refractivity contribution in [1.29, 1.82) is 0 Å². The predicted molar refractivity (Wildman–Crippen MR) is 176 cm³/mol. The van der Waals surface area contributed by atoms with E-state index < -0.39 is 50.6 Å². The molecule has 0 aromatic heterocycles. The van der Waals surface area contributed by atoms with Crippen molar-refractivity contribution >= 4 is 23.1 Å². The summed E-state index contributed by atoms with van der Waals surface area (Å²) in [6, 6.07) is 3.66. The first-order valence-electron chi connectivity index (χ1n) is 15.6. The van der Waals surface area contributed by atoms with E-state index in [0.29, 0.717) is 6.42 Å². The Balaban J connectivity index is 2.37. The number of phenolic OH excluding ortho intramolecular Hbond substituents is 2. The van der Waals surface area contributed by atoms with Crippen molar-refractivity contribution in [2.24, 2.45) is 22.2 Å². The minimum Gasteiger partial charge on any atom is -0.506 e. The molecule has 6 heteroatoms. The summed E-state index contributed by atoms with van der Waals surface area (Å²) in [4.78, 5) is 44.5. The Morgan fingerprint density at radius 1 is 0.818 bits per heavy atom. The average molecular weight is 603 g/mol. The van der Waals surface area contributed by atoms with Gasteiger partial charge in [-0.1, -0.05) is 60.4 Å². The monoisotopic (exact) mass is 602 g/mol. The third-order valence-corrected chi connectivity index (χ3v) is 9.82. The lowest BCUT2D eigenvalue weighted by Gasteiger charge is -2.60. The largest absolute Gasteiger partial charge is 0.506 e. The highest BCUT2D eigenvalue weighted by atomic mass is 16.3. The lowest BCUT2D eigenvalue weighted by molar-refractivity contribution is -0.176. The molecule has 0 aliphatic heterocycles. The Hall–Kier alpha value is -3.67. The van der Waals surface area contributed by atoms with Crippen LogP contribution in [0, 0.1) is 22.2 Å². The molecule has 2 bridgehead atoms. The van der Waals surface area contributed by atoms with Gasteiger partial charge in [-0.25, -0.2) is 0 Å². The fourth-order valence-corrected chi connectivity index (χ4v) is 6.86. The van der Waals surface area contributed by atoms with Gasteiger partial charge >= 0.3 is 0 Å². The number of carbonyl (C=O) groups excluding carboxylic acids is 3. The van der Waals surface area contributed by atoms with Crippen molar-refractivity contribution in [3.8, 4) is 11.5 Å². The minimum absolute atomic E-state index is 0.0179. The van der Waals surface area contributed by atoms with E-state index >= 15 is 4.79 Å². The molecule has 0 amide bonds. The lowest BCUT2D eigenvalue weighted by Crippen LogP contribution is -2.69. The Morgan fingerprint density at radius 2 is 1.43 bits per heavy atom. The Bertz CT molecular complexity index is 1480. The van der Waals surface area contributed by atoms with Crippen molar-refractivity contribution < 1.29 is 29.7 Å². The molecule has 238 valence electrons. The molecule has 0 saturated heterocycles. The molecule has 3 N–H and O–H groups in total. The molecule has 0 radical (unpaired) electrons. The topological polar surface area (TPSA) is 112 Å². The maximum Gasteiger partial charge on any atom is 0.184 e. The molecule has 0 spiro atoms. The normalized spacial score (nSPS) is 25.8. The van der Waals surface area contributed by atoms with Crippen LogP contribution in [0.15, 0.2) is 70.4 Å². The standard InChI is InChI=1S/C38H50O6/c1-23(2)11-10-12-26(7)18-19-37-22-28(15-13-24(3)4)36(8,9)38(35(37)44,20-17-25(5)6)34(43)31(33(37)42)32(41)27-14-16-29(39)30(40)21-27/h11,13-14,16-18,21,28,39-41H,10,12,15,19-20,22H2,1-9H3/b26-18+,32-31?/t28-,37+,38-/m0/s1. The number of aliphatic hydroxyl groups excluding tert-OH is 1. The summed E-state index contributed by atoms with van der Waals surface area (Å²) >= 11 is 0. The van der Waals surface area contributed by atoms with E-state index in [9.17, 15) is 24.9 Å². The van der Waals surface area contributed by atoms with Crippen LogP contribution in [0.4, 0.5) is 0 Å². The van der Waals surface area contributed by atoms with E-state index in [1.165, 1.54) is 17.7 Å². The van der Waals surface area contributed by atoms with E-state index in [0.717, 1.165) is 35.6 Å². The van der Waals surface area contributed by atoms with E-state index in [1.807, 2.05) is 74.5 Å². The molecule has 2 aliphatic carbocycles. The van der Waals surface area contributed by atoms with Crippen LogP contribution in [0.1, 0.15) is 106 Å². The zero-order valence-electron chi connectivity index (χ0n) is 27.9. The Labute approximate surface area is 263 Å². The highest BCUT2D eigenvalue weighted by molar-refractivity contribution is 6.41. The maximum atomic E-state index is 15.0. The third-order valence-electron chi connectivity index (χ3n) is 9.82. The SMILES string of the molecule is CC(C)=CCC/C(C)=C/C[C@@]12C[C@H](CC=C(C)C)C(C)(C)[C@@](CC=C(C)C)(C(=O)C(=C(O)c3ccc(O)c(O)c3)C1=O)C2=O. The molecule has 3 atom stereocenters. The number of ketones is 3. The molecule has 6 nitrogen and oxygen atoms in total. The van der Waals surface area contributed by atoms with Gasteiger partial charge in [0.05, 0.1) is 5.41 Å². The molecule has 0 unspecified atom stereocenters. The van der Waals surface area contributed by atoms with Gasteiger partial charge in [-0.15, -0.1) is 0 Å². The van der Waals surface area contributed by atoms with Crippen LogP contribution in [-0.2, 0) is 14.4 Å². The van der Waals surface area contributed by atoms with Crippen LogP contribution < -0.4 is 0 Å². The van der Waals surface area contributed by atoms with Crippen LogP contribution in [0.3, 0.4) is 0 Å². The van der Waals surface area contributed by atoms with Gasteiger partial charge in [-0.05, 0) is 117 Å². The molecular weight excluding hydrogens is 552 g/mol. The predicted octanol–water partition coefficient (Wildman–Crippen LogP) is 8.90. The van der Waals surface area contributed by atoms with Gasteiger partial charge in [-0.3, -0.25) is 14.4 Å². The number of aliphatic hydroxyl groups is 1. The summed E-state index contributed by atoms with van der Waals surface area (Å²) in [7, 11) is 0. The van der Waals surface area contributed by atoms with Crippen molar-refractivity contribution in [2.75, 3.05) is 0 Å². The van der Waals surface area contributed by atoms with Crippen LogP contribution in [0.5, 0.6) is 11.5 Å². The van der Waals surface area contributed by atoms with Crippen molar-refractivity contribution in [3.63, 3.8) is 0 Å². The quantitative estimate of drug-likeness (QED) is 0.0616. The molecular formula is C38H50O6. The van der Waals surface area contributed by atoms with Gasteiger partial charge in [0.15, 0.2) is 28.8 Å². The number of Topliss-reactive ketones (excluding diaryl/α,β-unsaturated/α-hetero) is 3. The number of allylic oxidation sites excluding steroid dienone is 9. The summed E-state index contributed by atoms with van der Waals surface area (Å²) in [5.74, 6) is -3.35. The van der Waals surface area contributed by atoms with Crippen LogP contribution in [0.25, 0.3) is 5.76 Å². The minimum atomic E-state index is -1.59. The number of hydrogen-bond donors (Lipinski definition) is 3. The number of carbonyl (C=O) groups is 3. The summed E-state index contributed by atoms with van der Waals surface area (Å²) in [6.07, 6.45) is 10.9. The fourth-order valence-electron chi connectivity index (χ4n) is 6.86. The number of phenols is 2. The molecule has 3 rings (SSSR count). The first-order chi connectivity index (χ1) is 20.4. The average Bonchev–Trinajstić information content (AvgIpc) is 2.92. The fraction of sp³-hybridized carbons (Fsp3) is 0.500. The van der Waals surface area contributed by atoms with E-state index in [-0.39, 0.29) is 36.5 Å². The van der Waals surface area contributed by atoms with Gasteiger partial charge in [0, 0.05) is 5.56 Å². The number of hydrogen-bond acceptors (Lipinski definition) is 6. The van der Waals surface area contributed by atoms with Gasteiger partial charge in [0.1, 0.15) is 16.7 Å². The summed E-state index contributed by atoms with van der Waals surface area (Å²) in [5.41, 5.74) is -0.0424. The number of aromatic hydroxyl groups is 2. The van der Waals surface area contributed by atoms with Gasteiger partial charge in [0.2, 0.25) is 0 Å². The molecule has 2 fully saturated rings. The van der Waals surface area contributed by atoms with Crippen molar-refractivity contribution in [2.45, 2.75) is 101 Å². The maximum absolute atomic E-state index is 15.0. The number of rotatable bonds is 10. The molecule has 2 saturated carbocycles. The summed E-state index contributed by atoms with van der Waals surface area (Å²) in [5, 5.41) is 31.6. The second-order valence-corrected chi connectivity index (χ2v) is 14.1. The van der Waals surface area contributed by atoms with Gasteiger partial charge < -0.3 is 15.3 Å². The second-order valence-electron chi connectivity index (χ2n) is 14.1. The van der Waals surface area contributed by atoms with Crippen molar-refractivity contribution in [1.82, 2.24) is 0 Å². The highest BCUT2D eigenvalue weighted by Gasteiger charge is 2.73. The van der Waals surface area contributed by atoms with Gasteiger partial charge in [-0.2, -0.15) is 0 Å². The first kappa shape index (κ1) is 34.8. The van der Waals surface area contributed by atoms with E-state index in [2.05, 4.69) is 12.2 Å². The van der Waals surface area contributed by atoms with Crippen LogP contribution >= 0.6 is 0 Å². The molecule has 0 heterocycles. The van der Waals surface area contributed by atoms with Gasteiger partial charge in [0.25, 0.3) is 0 Å². The zero-order chi connectivity index (χ0) is 33.2. The smallest absolute Gasteiger partial charge is 0.184 e. The summed E-state index contributed by atoms with van der Waals surface area (Å²) in [6.45, 7) is 17.8. The number of fused-ring (bicyclic) bond motifs is 2. The Kier molecular flexibility index (Phi) is 10.4. The molecule has 1 aromatic carbocycles. The van der Waals surface area contributed by atoms with E-state index in [1.54, 1.807) is 0 Å². The van der Waals surface area contributed by atoms with Crippen LogP contribution in [-0.4, -0.2) is 32.7 Å². The zero-order valence-corrected chi connectivity index (χ0v) is 27.9. The first-order valence-corrected chi connectivity index (χ1v) is 15.6. The Morgan fingerprint density at radius 3 is 2.00 bits per heavy atom. The number of benzene rings is 1. The molecule has 2 aliphatic rings. The second kappa shape index (κ2) is 13.1. The van der Waals surface area contributed by atoms with Crippen LogP contribution in [0.2, 0.25) is 0 Å². The summed E-state index contributed by atoms with van der Waals surface area (Å²) < 4.78 is 0. The molecule has 1 aromatic rings. The van der Waals surface area contributed by atoms with E-state index in [4.69, 9.17) is 0 Å². The third kappa shape index (κ3) is 6.27. The molecule has 44 heavy (non-hydrogen) atoms.